The highest BCUT2D eigenvalue weighted by Crippen LogP contribution is 2.30. The first-order chi connectivity index (χ1) is 16.7. The molecule has 2 unspecified atom stereocenters. The van der Waals surface area contributed by atoms with Crippen molar-refractivity contribution >= 4 is 34.4 Å². The van der Waals surface area contributed by atoms with Crippen LogP contribution in [0.4, 0.5) is 14.9 Å². The highest BCUT2D eigenvalue weighted by molar-refractivity contribution is 6.07. The highest BCUT2D eigenvalue weighted by atomic mass is 19.1. The van der Waals surface area contributed by atoms with Crippen LogP contribution in [-0.2, 0) is 4.79 Å². The van der Waals surface area contributed by atoms with Crippen molar-refractivity contribution in [3.63, 3.8) is 0 Å². The number of nitrogens with zero attached hydrogens (tertiary/aromatic N) is 2. The summed E-state index contributed by atoms with van der Waals surface area (Å²) in [5.41, 5.74) is 2.27. The Hall–Kier alpha value is -4.21. The summed E-state index contributed by atoms with van der Waals surface area (Å²) in [7, 11) is 1.62. The van der Waals surface area contributed by atoms with Crippen molar-refractivity contribution in [3.05, 3.63) is 70.8 Å². The molecule has 0 saturated heterocycles. The molecule has 0 bridgehead atoms. The highest BCUT2D eigenvalue weighted by Gasteiger charge is 2.32. The predicted molar refractivity (Wildman–Crippen MR) is 130 cm³/mol. The zero-order chi connectivity index (χ0) is 25.3. The van der Waals surface area contributed by atoms with Crippen LogP contribution in [0.2, 0.25) is 0 Å². The molecule has 2 heterocycles. The van der Waals surface area contributed by atoms with Crippen molar-refractivity contribution in [2.24, 2.45) is 0 Å². The average Bonchev–Trinajstić information content (AvgIpc) is 3.30. The number of carbonyl (C=O) groups excluding carboxylic acids is 3. The molecule has 0 fully saturated rings. The Balaban J connectivity index is 1.68. The molecule has 2 atom stereocenters. The van der Waals surface area contributed by atoms with E-state index >= 15 is 0 Å². The fourth-order valence-electron chi connectivity index (χ4n) is 4.01. The molecule has 0 aliphatic carbocycles. The van der Waals surface area contributed by atoms with Crippen molar-refractivity contribution < 1.29 is 18.8 Å². The van der Waals surface area contributed by atoms with Crippen molar-refractivity contribution in [3.8, 4) is 0 Å². The van der Waals surface area contributed by atoms with Gasteiger partial charge in [0, 0.05) is 29.9 Å². The number of fused-ring (bicyclic) bond motifs is 1. The number of aromatic nitrogens is 2. The number of carbonyl (C=O) groups is 3. The van der Waals surface area contributed by atoms with Gasteiger partial charge in [0.05, 0.1) is 28.9 Å². The first kappa shape index (κ1) is 23.9. The van der Waals surface area contributed by atoms with E-state index in [9.17, 15) is 18.8 Å². The van der Waals surface area contributed by atoms with Crippen LogP contribution in [-0.4, -0.2) is 46.0 Å². The summed E-state index contributed by atoms with van der Waals surface area (Å²) in [5.74, 6) is -1.59. The summed E-state index contributed by atoms with van der Waals surface area (Å²) in [4.78, 5) is 40.0. The Morgan fingerprint density at radius 3 is 2.74 bits per heavy atom. The van der Waals surface area contributed by atoms with Gasteiger partial charge in [-0.05, 0) is 56.2 Å². The number of allylic oxidation sites excluding steroid dienone is 1. The van der Waals surface area contributed by atoms with Gasteiger partial charge in [-0.2, -0.15) is 5.10 Å². The van der Waals surface area contributed by atoms with Crippen molar-refractivity contribution in [1.29, 1.82) is 0 Å². The summed E-state index contributed by atoms with van der Waals surface area (Å²) in [6.07, 6.45) is 2.36. The van der Waals surface area contributed by atoms with Crippen LogP contribution in [0.15, 0.2) is 53.9 Å². The lowest BCUT2D eigenvalue weighted by molar-refractivity contribution is -0.113. The second kappa shape index (κ2) is 9.57. The molecule has 4 amide bonds. The average molecular weight is 479 g/mol. The molecule has 0 spiro atoms. The van der Waals surface area contributed by atoms with E-state index in [2.05, 4.69) is 26.1 Å². The van der Waals surface area contributed by atoms with Crippen LogP contribution in [0, 0.1) is 5.82 Å². The van der Waals surface area contributed by atoms with Crippen molar-refractivity contribution in [2.75, 3.05) is 12.4 Å². The van der Waals surface area contributed by atoms with E-state index in [1.807, 2.05) is 13.8 Å². The van der Waals surface area contributed by atoms with Gasteiger partial charge in [-0.15, -0.1) is 0 Å². The molecule has 1 aliphatic rings. The van der Waals surface area contributed by atoms with Crippen LogP contribution in [0.3, 0.4) is 0 Å². The third kappa shape index (κ3) is 4.72. The summed E-state index contributed by atoms with van der Waals surface area (Å²) in [6.45, 7) is 5.43. The SMILES string of the molecule is CCC(C)N(C)C(=O)c1cc(C2NC(=O)NC(C)=C2C(=O)Nc2ccc3[nH]ncc3c2)ccc1F. The normalized spacial score (nSPS) is 16.5. The van der Waals surface area contributed by atoms with Gasteiger partial charge in [0.1, 0.15) is 5.82 Å². The molecule has 10 heteroatoms. The lowest BCUT2D eigenvalue weighted by atomic mass is 9.93. The lowest BCUT2D eigenvalue weighted by Gasteiger charge is -2.29. The summed E-state index contributed by atoms with van der Waals surface area (Å²) < 4.78 is 14.7. The van der Waals surface area contributed by atoms with Gasteiger partial charge in [-0.3, -0.25) is 14.7 Å². The Bertz CT molecular complexity index is 1350. The molecule has 4 rings (SSSR count). The Morgan fingerprint density at radius 1 is 1.23 bits per heavy atom. The zero-order valence-corrected chi connectivity index (χ0v) is 19.9. The van der Waals surface area contributed by atoms with Crippen LogP contribution >= 0.6 is 0 Å². The van der Waals surface area contributed by atoms with Gasteiger partial charge in [-0.1, -0.05) is 13.0 Å². The maximum atomic E-state index is 14.7. The molecule has 1 aromatic heterocycles. The van der Waals surface area contributed by atoms with E-state index in [0.29, 0.717) is 23.4 Å². The molecule has 3 aromatic rings. The molecule has 0 saturated carbocycles. The smallest absolute Gasteiger partial charge is 0.319 e. The van der Waals surface area contributed by atoms with Gasteiger partial charge in [0.2, 0.25) is 0 Å². The minimum atomic E-state index is -0.887. The first-order valence-electron chi connectivity index (χ1n) is 11.3. The Labute approximate surface area is 201 Å². The second-order valence-electron chi connectivity index (χ2n) is 8.61. The second-order valence-corrected chi connectivity index (χ2v) is 8.61. The molecular formula is C25H27FN6O3. The van der Waals surface area contributed by atoms with Crippen molar-refractivity contribution in [1.82, 2.24) is 25.7 Å². The number of H-pyrrole nitrogens is 1. The number of aromatic amines is 1. The number of urea groups is 1. The predicted octanol–water partition coefficient (Wildman–Crippen LogP) is 3.84. The molecule has 4 N–H and O–H groups in total. The molecule has 2 aromatic carbocycles. The maximum absolute atomic E-state index is 14.7. The fourth-order valence-corrected chi connectivity index (χ4v) is 4.01. The monoisotopic (exact) mass is 478 g/mol. The number of halogens is 1. The summed E-state index contributed by atoms with van der Waals surface area (Å²) in [6, 6.07) is 7.87. The number of nitrogens with one attached hydrogen (secondary N) is 4. The Morgan fingerprint density at radius 2 is 2.00 bits per heavy atom. The largest absolute Gasteiger partial charge is 0.339 e. The fraction of sp³-hybridized carbons (Fsp3) is 0.280. The zero-order valence-electron chi connectivity index (χ0n) is 19.9. The molecule has 0 radical (unpaired) electrons. The minimum Gasteiger partial charge on any atom is -0.339 e. The van der Waals surface area contributed by atoms with E-state index in [4.69, 9.17) is 0 Å². The molecule has 1 aliphatic heterocycles. The van der Waals surface area contributed by atoms with Gasteiger partial charge < -0.3 is 20.9 Å². The summed E-state index contributed by atoms with van der Waals surface area (Å²) in [5, 5.41) is 15.8. The van der Waals surface area contributed by atoms with E-state index in [1.54, 1.807) is 38.4 Å². The van der Waals surface area contributed by atoms with Crippen molar-refractivity contribution in [2.45, 2.75) is 39.3 Å². The molecule has 182 valence electrons. The van der Waals surface area contributed by atoms with Gasteiger partial charge in [0.25, 0.3) is 11.8 Å². The molecule has 9 nitrogen and oxygen atoms in total. The quantitative estimate of drug-likeness (QED) is 0.430. The minimum absolute atomic E-state index is 0.0832. The molecule has 35 heavy (non-hydrogen) atoms. The van der Waals surface area contributed by atoms with Gasteiger partial charge >= 0.3 is 6.03 Å². The summed E-state index contributed by atoms with van der Waals surface area (Å²) >= 11 is 0. The third-order valence-corrected chi connectivity index (χ3v) is 6.34. The van der Waals surface area contributed by atoms with Crippen LogP contribution in [0.5, 0.6) is 0 Å². The van der Waals surface area contributed by atoms with E-state index in [0.717, 1.165) is 10.9 Å². The number of rotatable bonds is 6. The van der Waals surface area contributed by atoms with Gasteiger partial charge in [0.15, 0.2) is 0 Å². The Kier molecular flexibility index (Phi) is 6.54. The van der Waals surface area contributed by atoms with Crippen LogP contribution in [0.1, 0.15) is 49.2 Å². The maximum Gasteiger partial charge on any atom is 0.319 e. The van der Waals surface area contributed by atoms with E-state index in [1.165, 1.54) is 23.1 Å². The number of hydrogen-bond donors (Lipinski definition) is 4. The number of anilines is 1. The standard InChI is InChI=1S/C25H27FN6O3/c1-5-13(2)32(4)24(34)18-11-15(6-8-19(18)26)22-21(14(3)28-25(35)30-22)23(33)29-17-7-9-20-16(10-17)12-27-31-20/h6-13,22H,5H2,1-4H3,(H,27,31)(H,29,33)(H2,28,30,35). The van der Waals surface area contributed by atoms with Gasteiger partial charge in [-0.25, -0.2) is 9.18 Å². The number of amides is 4. The topological polar surface area (TPSA) is 119 Å². The lowest BCUT2D eigenvalue weighted by Crippen LogP contribution is -2.46. The number of benzene rings is 2. The number of hydrogen-bond acceptors (Lipinski definition) is 4. The van der Waals surface area contributed by atoms with Crippen LogP contribution in [0.25, 0.3) is 10.9 Å². The van der Waals surface area contributed by atoms with E-state index < -0.39 is 29.7 Å². The molecular weight excluding hydrogens is 451 g/mol. The van der Waals surface area contributed by atoms with Crippen LogP contribution < -0.4 is 16.0 Å². The first-order valence-corrected chi connectivity index (χ1v) is 11.3. The van der Waals surface area contributed by atoms with E-state index in [-0.39, 0.29) is 17.2 Å². The third-order valence-electron chi connectivity index (χ3n) is 6.34.